The molecule has 0 amide bonds. The molecular formula is C28H54O11. The number of carbonyl (C=O) groups is 2. The van der Waals surface area contributed by atoms with Gasteiger partial charge in [-0.15, -0.1) is 0 Å². The van der Waals surface area contributed by atoms with Crippen LogP contribution in [0.25, 0.3) is 0 Å². The second-order valence-corrected chi connectivity index (χ2v) is 9.70. The van der Waals surface area contributed by atoms with Crippen LogP contribution >= 0.6 is 0 Å². The van der Waals surface area contributed by atoms with E-state index in [9.17, 15) is 9.59 Å². The third kappa shape index (κ3) is 32.8. The highest BCUT2D eigenvalue weighted by Gasteiger charge is 2.15. The largest absolute Gasteiger partial charge is 0.463 e. The molecular weight excluding hydrogens is 512 g/mol. The molecule has 0 aromatic carbocycles. The van der Waals surface area contributed by atoms with Crippen molar-refractivity contribution in [2.75, 3.05) is 99.1 Å². The summed E-state index contributed by atoms with van der Waals surface area (Å²) in [6, 6.07) is 0. The van der Waals surface area contributed by atoms with Crippen molar-refractivity contribution in [3.05, 3.63) is 0 Å². The Morgan fingerprint density at radius 1 is 0.487 bits per heavy atom. The lowest BCUT2D eigenvalue weighted by molar-refractivity contribution is -0.160. The molecule has 0 spiro atoms. The Bertz CT molecular complexity index is 552. The van der Waals surface area contributed by atoms with E-state index in [4.69, 9.17) is 42.6 Å². The molecule has 0 aromatic rings. The van der Waals surface area contributed by atoms with Crippen LogP contribution in [0.4, 0.5) is 0 Å². The molecule has 0 rings (SSSR count). The zero-order valence-corrected chi connectivity index (χ0v) is 24.8. The first-order valence-electron chi connectivity index (χ1n) is 14.3. The smallest absolute Gasteiger partial charge is 0.332 e. The second kappa shape index (κ2) is 28.2. The van der Waals surface area contributed by atoms with Gasteiger partial charge in [0, 0.05) is 6.42 Å². The number of rotatable bonds is 29. The third-order valence-electron chi connectivity index (χ3n) is 4.85. The van der Waals surface area contributed by atoms with Gasteiger partial charge in [0.15, 0.2) is 0 Å². The summed E-state index contributed by atoms with van der Waals surface area (Å²) < 4.78 is 48.0. The Morgan fingerprint density at radius 2 is 0.872 bits per heavy atom. The van der Waals surface area contributed by atoms with Crippen molar-refractivity contribution in [1.82, 2.24) is 0 Å². The van der Waals surface area contributed by atoms with Gasteiger partial charge in [0.25, 0.3) is 0 Å². The molecule has 0 aliphatic carbocycles. The van der Waals surface area contributed by atoms with E-state index in [1.807, 2.05) is 20.8 Å². The van der Waals surface area contributed by atoms with Crippen LogP contribution in [-0.2, 0) is 52.2 Å². The van der Waals surface area contributed by atoms with Crippen molar-refractivity contribution >= 4 is 11.9 Å². The average Bonchev–Trinajstić information content (AvgIpc) is 2.88. The van der Waals surface area contributed by atoms with E-state index < -0.39 is 5.60 Å². The Balaban J connectivity index is 3.16. The number of carbonyl (C=O) groups excluding carboxylic acids is 2. The third-order valence-corrected chi connectivity index (χ3v) is 4.85. The average molecular weight is 567 g/mol. The van der Waals surface area contributed by atoms with Crippen LogP contribution in [0.2, 0.25) is 0 Å². The molecule has 39 heavy (non-hydrogen) atoms. The quantitative estimate of drug-likeness (QED) is 0.0980. The molecule has 0 aromatic heterocycles. The molecule has 11 heteroatoms. The topological polar surface area (TPSA) is 117 Å². The summed E-state index contributed by atoms with van der Waals surface area (Å²) in [6.07, 6.45) is 6.06. The molecule has 0 saturated carbocycles. The maximum absolute atomic E-state index is 11.6. The maximum Gasteiger partial charge on any atom is 0.332 e. The van der Waals surface area contributed by atoms with Gasteiger partial charge < -0.3 is 42.6 Å². The molecule has 0 fully saturated rings. The fourth-order valence-electron chi connectivity index (χ4n) is 3.01. The van der Waals surface area contributed by atoms with Crippen LogP contribution in [0, 0.1) is 0 Å². The Morgan fingerprint density at radius 3 is 1.28 bits per heavy atom. The van der Waals surface area contributed by atoms with Crippen molar-refractivity contribution in [2.45, 2.75) is 71.8 Å². The fourth-order valence-corrected chi connectivity index (χ4v) is 3.01. The highest BCUT2D eigenvalue weighted by Crippen LogP contribution is 2.07. The molecule has 0 heterocycles. The van der Waals surface area contributed by atoms with Crippen molar-refractivity contribution in [1.29, 1.82) is 0 Å². The lowest BCUT2D eigenvalue weighted by atomic mass is 10.1. The van der Waals surface area contributed by atoms with Crippen molar-refractivity contribution in [2.24, 2.45) is 0 Å². The summed E-state index contributed by atoms with van der Waals surface area (Å²) in [5, 5.41) is 0. The van der Waals surface area contributed by atoms with Gasteiger partial charge in [-0.3, -0.25) is 4.79 Å². The van der Waals surface area contributed by atoms with Gasteiger partial charge in [-0.1, -0.05) is 32.6 Å². The Hall–Kier alpha value is -1.34. The second-order valence-electron chi connectivity index (χ2n) is 9.70. The minimum Gasteiger partial charge on any atom is -0.463 e. The SMILES string of the molecule is CCCCCCCC(=O)OCCOCCOCCOCCOCCOCCOCCOCC(=O)OC(C)(C)C. The molecule has 0 saturated heterocycles. The zero-order valence-electron chi connectivity index (χ0n) is 24.8. The molecule has 0 bridgehead atoms. The number of hydrogen-bond donors (Lipinski definition) is 0. The van der Waals surface area contributed by atoms with E-state index in [1.54, 1.807) is 0 Å². The molecule has 0 aliphatic rings. The van der Waals surface area contributed by atoms with Crippen molar-refractivity contribution < 1.29 is 52.2 Å². The van der Waals surface area contributed by atoms with Crippen molar-refractivity contribution in [3.63, 3.8) is 0 Å². The van der Waals surface area contributed by atoms with Crippen LogP contribution in [-0.4, -0.2) is 117 Å². The van der Waals surface area contributed by atoms with Crippen LogP contribution in [0.1, 0.15) is 66.2 Å². The first-order chi connectivity index (χ1) is 18.8. The van der Waals surface area contributed by atoms with Gasteiger partial charge in [0.2, 0.25) is 0 Å². The fraction of sp³-hybridized carbons (Fsp3) is 0.929. The number of unbranched alkanes of at least 4 members (excludes halogenated alkanes) is 4. The standard InChI is InChI=1S/C28H54O11/c1-5-6-7-8-9-10-26(29)38-24-23-36-20-19-34-16-15-32-12-11-31-13-14-33-17-18-35-21-22-37-25-27(30)39-28(2,3)4/h5-25H2,1-4H3. The predicted octanol–water partition coefficient (Wildman–Crippen LogP) is 3.35. The number of ether oxygens (including phenoxy) is 9. The number of esters is 2. The molecule has 0 N–H and O–H groups in total. The predicted molar refractivity (Wildman–Crippen MR) is 146 cm³/mol. The van der Waals surface area contributed by atoms with E-state index in [-0.39, 0.29) is 25.2 Å². The van der Waals surface area contributed by atoms with Gasteiger partial charge in [0.1, 0.15) is 18.8 Å². The lowest BCUT2D eigenvalue weighted by Gasteiger charge is -2.19. The Labute approximate surface area is 235 Å². The first kappa shape index (κ1) is 37.7. The maximum atomic E-state index is 11.6. The summed E-state index contributed by atoms with van der Waals surface area (Å²) in [5.41, 5.74) is -0.509. The molecule has 0 atom stereocenters. The van der Waals surface area contributed by atoms with Crippen LogP contribution in [0.5, 0.6) is 0 Å². The van der Waals surface area contributed by atoms with Gasteiger partial charge in [0.05, 0.1) is 85.9 Å². The van der Waals surface area contributed by atoms with E-state index in [0.29, 0.717) is 92.3 Å². The van der Waals surface area contributed by atoms with Crippen LogP contribution in [0.3, 0.4) is 0 Å². The minimum absolute atomic E-state index is 0.0827. The van der Waals surface area contributed by atoms with Gasteiger partial charge >= 0.3 is 11.9 Å². The van der Waals surface area contributed by atoms with Gasteiger partial charge in [-0.05, 0) is 27.2 Å². The van der Waals surface area contributed by atoms with E-state index in [0.717, 1.165) is 12.8 Å². The molecule has 0 radical (unpaired) electrons. The molecule has 11 nitrogen and oxygen atoms in total. The van der Waals surface area contributed by atoms with Gasteiger partial charge in [-0.2, -0.15) is 0 Å². The molecule has 232 valence electrons. The highest BCUT2D eigenvalue weighted by molar-refractivity contribution is 5.71. The lowest BCUT2D eigenvalue weighted by Crippen LogP contribution is -2.27. The first-order valence-corrected chi connectivity index (χ1v) is 14.3. The summed E-state index contributed by atoms with van der Waals surface area (Å²) in [6.45, 7) is 13.6. The Kier molecular flexibility index (Phi) is 27.2. The van der Waals surface area contributed by atoms with E-state index in [2.05, 4.69) is 6.92 Å². The monoisotopic (exact) mass is 566 g/mol. The summed E-state index contributed by atoms with van der Waals surface area (Å²) in [7, 11) is 0. The van der Waals surface area contributed by atoms with Crippen LogP contribution in [0.15, 0.2) is 0 Å². The van der Waals surface area contributed by atoms with E-state index >= 15 is 0 Å². The van der Waals surface area contributed by atoms with Crippen molar-refractivity contribution in [3.8, 4) is 0 Å². The molecule has 0 unspecified atom stereocenters. The summed E-state index contributed by atoms with van der Waals surface area (Å²) in [5.74, 6) is -0.538. The number of hydrogen-bond acceptors (Lipinski definition) is 11. The summed E-state index contributed by atoms with van der Waals surface area (Å²) in [4.78, 5) is 23.0. The van der Waals surface area contributed by atoms with Gasteiger partial charge in [-0.25, -0.2) is 4.79 Å². The minimum atomic E-state index is -0.509. The van der Waals surface area contributed by atoms with E-state index in [1.165, 1.54) is 19.3 Å². The van der Waals surface area contributed by atoms with Crippen LogP contribution < -0.4 is 0 Å². The molecule has 0 aliphatic heterocycles. The normalized spacial score (nSPS) is 11.6. The highest BCUT2D eigenvalue weighted by atomic mass is 16.6. The zero-order chi connectivity index (χ0) is 28.9. The summed E-state index contributed by atoms with van der Waals surface area (Å²) >= 11 is 0.